The third-order valence-electron chi connectivity index (χ3n) is 7.50. The van der Waals surface area contributed by atoms with Crippen LogP contribution in [-0.4, -0.2) is 50.9 Å². The number of hydrogen-bond acceptors (Lipinski definition) is 5. The summed E-state index contributed by atoms with van der Waals surface area (Å²) in [6.07, 6.45) is 4.95. The van der Waals surface area contributed by atoms with Crippen molar-refractivity contribution in [3.63, 3.8) is 0 Å². The first-order valence-corrected chi connectivity index (χ1v) is 16.5. The quantitative estimate of drug-likeness (QED) is 0.245. The number of methoxy groups -OCH3 is 1. The Morgan fingerprint density at radius 2 is 1.58 bits per heavy atom. The maximum absolute atomic E-state index is 14.1. The standard InChI is InChI=1S/C31H34Cl3N3O5S/c1-21(31(39)35-24-6-4-3-5-7-24)36(19-22-8-17-28(33)29(34)18-22)30(38)20-37(25-11-9-23(32)10-12-25)43(40,41)27-15-13-26(42-2)14-16-27/h8-18,21,24H,3-7,19-20H2,1-2H3,(H,35,39). The minimum atomic E-state index is -4.23. The number of hydrogen-bond donors (Lipinski definition) is 1. The third kappa shape index (κ3) is 8.35. The molecule has 0 spiro atoms. The van der Waals surface area contributed by atoms with Crippen molar-refractivity contribution >= 4 is 62.3 Å². The number of halogens is 3. The second kappa shape index (κ2) is 14.7. The Hall–Kier alpha value is -2.98. The van der Waals surface area contributed by atoms with Gasteiger partial charge in [-0.3, -0.25) is 13.9 Å². The zero-order valence-corrected chi connectivity index (χ0v) is 27.0. The molecule has 8 nitrogen and oxygen atoms in total. The Balaban J connectivity index is 1.68. The summed E-state index contributed by atoms with van der Waals surface area (Å²) in [5.74, 6) is -0.403. The fourth-order valence-electron chi connectivity index (χ4n) is 5.00. The summed E-state index contributed by atoms with van der Waals surface area (Å²) < 4.78 is 34.1. The number of sulfonamides is 1. The molecular formula is C31H34Cl3N3O5S. The average Bonchev–Trinajstić information content (AvgIpc) is 3.01. The van der Waals surface area contributed by atoms with Crippen molar-refractivity contribution in [2.75, 3.05) is 18.0 Å². The lowest BCUT2D eigenvalue weighted by molar-refractivity contribution is -0.139. The highest BCUT2D eigenvalue weighted by molar-refractivity contribution is 7.92. The molecule has 0 aliphatic heterocycles. The Labute approximate surface area is 267 Å². The van der Waals surface area contributed by atoms with Crippen LogP contribution in [0, 0.1) is 0 Å². The molecule has 3 aromatic rings. The van der Waals surface area contributed by atoms with Crippen molar-refractivity contribution in [1.82, 2.24) is 10.2 Å². The van der Waals surface area contributed by atoms with E-state index in [2.05, 4.69) is 5.32 Å². The zero-order chi connectivity index (χ0) is 31.1. The van der Waals surface area contributed by atoms with Gasteiger partial charge in [0.1, 0.15) is 18.3 Å². The fraction of sp³-hybridized carbons (Fsp3) is 0.355. The number of nitrogens with zero attached hydrogens (tertiary/aromatic N) is 2. The van der Waals surface area contributed by atoms with E-state index in [1.807, 2.05) is 0 Å². The van der Waals surface area contributed by atoms with Gasteiger partial charge < -0.3 is 15.0 Å². The molecule has 0 saturated heterocycles. The van der Waals surface area contributed by atoms with Crippen LogP contribution < -0.4 is 14.4 Å². The lowest BCUT2D eigenvalue weighted by Gasteiger charge is -2.33. The van der Waals surface area contributed by atoms with Gasteiger partial charge in [0.25, 0.3) is 10.0 Å². The molecule has 0 bridgehead atoms. The van der Waals surface area contributed by atoms with Gasteiger partial charge in [0, 0.05) is 17.6 Å². The van der Waals surface area contributed by atoms with Gasteiger partial charge in [-0.15, -0.1) is 0 Å². The number of carbonyl (C=O) groups excluding carboxylic acids is 2. The van der Waals surface area contributed by atoms with Crippen LogP contribution in [0.4, 0.5) is 5.69 Å². The number of rotatable bonds is 11. The van der Waals surface area contributed by atoms with E-state index in [-0.39, 0.29) is 29.1 Å². The van der Waals surface area contributed by atoms with Gasteiger partial charge >= 0.3 is 0 Å². The molecule has 12 heteroatoms. The third-order valence-corrected chi connectivity index (χ3v) is 10.3. The van der Waals surface area contributed by atoms with Crippen molar-refractivity contribution in [3.8, 4) is 5.75 Å². The van der Waals surface area contributed by atoms with Crippen LogP contribution in [-0.2, 0) is 26.2 Å². The van der Waals surface area contributed by atoms with Gasteiger partial charge in [-0.2, -0.15) is 0 Å². The van der Waals surface area contributed by atoms with Crippen molar-refractivity contribution < 1.29 is 22.7 Å². The van der Waals surface area contributed by atoms with Gasteiger partial charge in [-0.1, -0.05) is 60.1 Å². The summed E-state index contributed by atoms with van der Waals surface area (Å²) in [6, 6.07) is 16.1. The van der Waals surface area contributed by atoms with Crippen molar-refractivity contribution in [1.29, 1.82) is 0 Å². The molecule has 1 aliphatic rings. The first kappa shape index (κ1) is 32.9. The molecular weight excluding hydrogens is 633 g/mol. The number of nitrogens with one attached hydrogen (secondary N) is 1. The molecule has 0 radical (unpaired) electrons. The van der Waals surface area contributed by atoms with Crippen LogP contribution >= 0.6 is 34.8 Å². The highest BCUT2D eigenvalue weighted by Crippen LogP contribution is 2.28. The first-order chi connectivity index (χ1) is 20.5. The lowest BCUT2D eigenvalue weighted by Crippen LogP contribution is -2.53. The monoisotopic (exact) mass is 665 g/mol. The predicted octanol–water partition coefficient (Wildman–Crippen LogP) is 6.72. The van der Waals surface area contributed by atoms with Gasteiger partial charge in [-0.25, -0.2) is 8.42 Å². The van der Waals surface area contributed by atoms with Crippen LogP contribution in [0.3, 0.4) is 0 Å². The normalized spacial score (nSPS) is 14.5. The van der Waals surface area contributed by atoms with Crippen LogP contribution in [0.2, 0.25) is 15.1 Å². The van der Waals surface area contributed by atoms with Gasteiger partial charge in [0.05, 0.1) is 27.7 Å². The minimum Gasteiger partial charge on any atom is -0.497 e. The summed E-state index contributed by atoms with van der Waals surface area (Å²) in [7, 11) is -2.74. The molecule has 1 fully saturated rings. The van der Waals surface area contributed by atoms with E-state index in [1.165, 1.54) is 48.4 Å². The number of anilines is 1. The highest BCUT2D eigenvalue weighted by atomic mass is 35.5. The minimum absolute atomic E-state index is 0.00597. The molecule has 4 rings (SSSR count). The SMILES string of the molecule is COc1ccc(S(=O)(=O)N(CC(=O)N(Cc2ccc(Cl)c(Cl)c2)C(C)C(=O)NC2CCCCC2)c2ccc(Cl)cc2)cc1. The van der Waals surface area contributed by atoms with Gasteiger partial charge in [0.15, 0.2) is 0 Å². The van der Waals surface area contributed by atoms with Crippen molar-refractivity contribution in [2.45, 2.75) is 62.6 Å². The molecule has 3 aromatic carbocycles. The Morgan fingerprint density at radius 3 is 2.19 bits per heavy atom. The van der Waals surface area contributed by atoms with Crippen LogP contribution in [0.5, 0.6) is 5.75 Å². The molecule has 0 aromatic heterocycles. The summed E-state index contributed by atoms with van der Waals surface area (Å²) in [6.45, 7) is 1.07. The number of carbonyl (C=O) groups is 2. The summed E-state index contributed by atoms with van der Waals surface area (Å²) in [5, 5.41) is 4.14. The molecule has 1 atom stereocenters. The van der Waals surface area contributed by atoms with Crippen LogP contribution in [0.15, 0.2) is 71.6 Å². The zero-order valence-electron chi connectivity index (χ0n) is 23.9. The van der Waals surface area contributed by atoms with Gasteiger partial charge in [0.2, 0.25) is 11.8 Å². The van der Waals surface area contributed by atoms with E-state index in [0.29, 0.717) is 26.4 Å². The van der Waals surface area contributed by atoms with Crippen molar-refractivity contribution in [2.24, 2.45) is 0 Å². The molecule has 1 aliphatic carbocycles. The highest BCUT2D eigenvalue weighted by Gasteiger charge is 2.33. The van der Waals surface area contributed by atoms with E-state index in [0.717, 1.165) is 36.4 Å². The van der Waals surface area contributed by atoms with E-state index >= 15 is 0 Å². The lowest BCUT2D eigenvalue weighted by atomic mass is 9.95. The van der Waals surface area contributed by atoms with E-state index in [9.17, 15) is 18.0 Å². The Bertz CT molecular complexity index is 1530. The van der Waals surface area contributed by atoms with E-state index in [4.69, 9.17) is 39.5 Å². The molecule has 43 heavy (non-hydrogen) atoms. The largest absolute Gasteiger partial charge is 0.497 e. The number of ether oxygens (including phenoxy) is 1. The summed E-state index contributed by atoms with van der Waals surface area (Å²) in [4.78, 5) is 28.9. The summed E-state index contributed by atoms with van der Waals surface area (Å²) >= 11 is 18.4. The Morgan fingerprint density at radius 1 is 0.930 bits per heavy atom. The van der Waals surface area contributed by atoms with Gasteiger partial charge in [-0.05, 0) is 86.0 Å². The second-order valence-corrected chi connectivity index (χ2v) is 13.6. The smallest absolute Gasteiger partial charge is 0.264 e. The van der Waals surface area contributed by atoms with Crippen LogP contribution in [0.1, 0.15) is 44.6 Å². The second-order valence-electron chi connectivity index (χ2n) is 10.5. The predicted molar refractivity (Wildman–Crippen MR) is 170 cm³/mol. The fourth-order valence-corrected chi connectivity index (χ4v) is 6.86. The maximum atomic E-state index is 14.1. The first-order valence-electron chi connectivity index (χ1n) is 14.0. The molecule has 230 valence electrons. The Kier molecular flexibility index (Phi) is 11.2. The maximum Gasteiger partial charge on any atom is 0.264 e. The van der Waals surface area contributed by atoms with E-state index < -0.39 is 28.5 Å². The van der Waals surface area contributed by atoms with Crippen molar-refractivity contribution in [3.05, 3.63) is 87.4 Å². The average molecular weight is 667 g/mol. The number of amides is 2. The molecule has 1 saturated carbocycles. The topological polar surface area (TPSA) is 96.0 Å². The number of benzene rings is 3. The van der Waals surface area contributed by atoms with E-state index in [1.54, 1.807) is 37.3 Å². The molecule has 0 heterocycles. The summed E-state index contributed by atoms with van der Waals surface area (Å²) in [5.41, 5.74) is 0.874. The molecule has 1 unspecified atom stereocenters. The molecule has 2 amide bonds. The molecule has 1 N–H and O–H groups in total. The van der Waals surface area contributed by atoms with Crippen LogP contribution in [0.25, 0.3) is 0 Å².